The Kier molecular flexibility index (Phi) is 5.43. The van der Waals surface area contributed by atoms with Crippen molar-refractivity contribution < 1.29 is 22.5 Å². The van der Waals surface area contributed by atoms with Crippen molar-refractivity contribution in [2.45, 2.75) is 11.8 Å². The van der Waals surface area contributed by atoms with Gasteiger partial charge in [0.25, 0.3) is 5.69 Å². The Labute approximate surface area is 161 Å². The number of nitro benzene ring substituents is 1. The Hall–Kier alpha value is -2.85. The maximum absolute atomic E-state index is 14.0. The van der Waals surface area contributed by atoms with E-state index in [2.05, 4.69) is 0 Å². The van der Waals surface area contributed by atoms with Crippen molar-refractivity contribution >= 4 is 27.2 Å². The summed E-state index contributed by atoms with van der Waals surface area (Å²) >= 11 is 0. The van der Waals surface area contributed by atoms with Crippen LogP contribution in [-0.2, 0) is 10.0 Å². The Bertz CT molecular complexity index is 1030. The number of halogens is 1. The molecule has 1 aliphatic rings. The van der Waals surface area contributed by atoms with E-state index in [1.807, 2.05) is 0 Å². The molecule has 0 aromatic heterocycles. The van der Waals surface area contributed by atoms with Gasteiger partial charge in [-0.25, -0.2) is 12.8 Å². The van der Waals surface area contributed by atoms with Gasteiger partial charge in [0.15, 0.2) is 5.78 Å². The van der Waals surface area contributed by atoms with Crippen LogP contribution < -0.4 is 4.90 Å². The van der Waals surface area contributed by atoms with Crippen LogP contribution in [0.2, 0.25) is 0 Å². The minimum Gasteiger partial charge on any atom is -0.368 e. The standard InChI is InChI=1S/C18H18FN3O5S/c1-13(23)18-16(19)6-3-7-17(18)20-8-10-21(11-9-20)28(26,27)15-5-2-4-14(12-15)22(24)25/h2-7,12H,8-11H2,1H3. The molecular weight excluding hydrogens is 389 g/mol. The minimum atomic E-state index is -3.90. The number of rotatable bonds is 5. The van der Waals surface area contributed by atoms with Gasteiger partial charge in [0.2, 0.25) is 10.0 Å². The van der Waals surface area contributed by atoms with Crippen molar-refractivity contribution in [2.75, 3.05) is 31.1 Å². The molecule has 1 heterocycles. The Morgan fingerprint density at radius 3 is 2.36 bits per heavy atom. The highest BCUT2D eigenvalue weighted by atomic mass is 32.2. The molecule has 8 nitrogen and oxygen atoms in total. The molecule has 0 bridgehead atoms. The van der Waals surface area contributed by atoms with E-state index in [4.69, 9.17) is 0 Å². The molecule has 2 aromatic rings. The molecule has 0 radical (unpaired) electrons. The van der Waals surface area contributed by atoms with Gasteiger partial charge in [0.05, 0.1) is 21.1 Å². The zero-order chi connectivity index (χ0) is 20.5. The molecule has 10 heteroatoms. The number of hydrogen-bond acceptors (Lipinski definition) is 6. The Balaban J connectivity index is 1.81. The number of nitro groups is 1. The highest BCUT2D eigenvalue weighted by Gasteiger charge is 2.30. The SMILES string of the molecule is CC(=O)c1c(F)cccc1N1CCN(S(=O)(=O)c2cccc([N+](=O)[O-])c2)CC1. The molecule has 0 aliphatic carbocycles. The van der Waals surface area contributed by atoms with E-state index in [9.17, 15) is 27.7 Å². The molecule has 0 spiro atoms. The average Bonchev–Trinajstić information content (AvgIpc) is 2.67. The molecular formula is C18H18FN3O5S. The number of sulfonamides is 1. The first-order chi connectivity index (χ1) is 13.2. The van der Waals surface area contributed by atoms with Gasteiger partial charge >= 0.3 is 0 Å². The monoisotopic (exact) mass is 407 g/mol. The fourth-order valence-corrected chi connectivity index (χ4v) is 4.66. The lowest BCUT2D eigenvalue weighted by Gasteiger charge is -2.36. The number of carbonyl (C=O) groups is 1. The number of carbonyl (C=O) groups excluding carboxylic acids is 1. The van der Waals surface area contributed by atoms with Crippen LogP contribution in [0.5, 0.6) is 0 Å². The van der Waals surface area contributed by atoms with Crippen LogP contribution in [0.4, 0.5) is 15.8 Å². The molecule has 1 saturated heterocycles. The Morgan fingerprint density at radius 1 is 1.11 bits per heavy atom. The lowest BCUT2D eigenvalue weighted by atomic mass is 10.1. The largest absolute Gasteiger partial charge is 0.368 e. The van der Waals surface area contributed by atoms with E-state index in [0.29, 0.717) is 5.69 Å². The predicted molar refractivity (Wildman–Crippen MR) is 100 cm³/mol. The summed E-state index contributed by atoms with van der Waals surface area (Å²) in [5, 5.41) is 10.9. The first-order valence-electron chi connectivity index (χ1n) is 8.51. The summed E-state index contributed by atoms with van der Waals surface area (Å²) in [7, 11) is -3.90. The number of non-ortho nitro benzene ring substituents is 1. The summed E-state index contributed by atoms with van der Waals surface area (Å²) in [6.45, 7) is 2.03. The summed E-state index contributed by atoms with van der Waals surface area (Å²) in [4.78, 5) is 23.7. The molecule has 148 valence electrons. The lowest BCUT2D eigenvalue weighted by molar-refractivity contribution is -0.385. The number of piperazine rings is 1. The lowest BCUT2D eigenvalue weighted by Crippen LogP contribution is -2.49. The first kappa shape index (κ1) is 19.9. The zero-order valence-corrected chi connectivity index (χ0v) is 15.9. The van der Waals surface area contributed by atoms with Crippen LogP contribution in [-0.4, -0.2) is 49.6 Å². The van der Waals surface area contributed by atoms with Crippen molar-refractivity contribution in [3.63, 3.8) is 0 Å². The smallest absolute Gasteiger partial charge is 0.270 e. The number of nitrogens with zero attached hydrogens (tertiary/aromatic N) is 3. The van der Waals surface area contributed by atoms with Gasteiger partial charge in [-0.1, -0.05) is 12.1 Å². The fraction of sp³-hybridized carbons (Fsp3) is 0.278. The highest BCUT2D eigenvalue weighted by molar-refractivity contribution is 7.89. The molecule has 3 rings (SSSR count). The fourth-order valence-electron chi connectivity index (χ4n) is 3.20. The second kappa shape index (κ2) is 7.64. The third-order valence-corrected chi connectivity index (χ3v) is 6.48. The van der Waals surface area contributed by atoms with E-state index >= 15 is 0 Å². The molecule has 0 unspecified atom stereocenters. The topological polar surface area (TPSA) is 101 Å². The molecule has 28 heavy (non-hydrogen) atoms. The van der Waals surface area contributed by atoms with Crippen LogP contribution in [0.25, 0.3) is 0 Å². The number of benzene rings is 2. The number of anilines is 1. The quantitative estimate of drug-likeness (QED) is 0.429. The summed E-state index contributed by atoms with van der Waals surface area (Å²) in [5.41, 5.74) is 0.114. The van der Waals surface area contributed by atoms with Crippen molar-refractivity contribution in [1.29, 1.82) is 0 Å². The maximum atomic E-state index is 14.0. The van der Waals surface area contributed by atoms with Crippen LogP contribution in [0.1, 0.15) is 17.3 Å². The minimum absolute atomic E-state index is 0.0162. The van der Waals surface area contributed by atoms with Gasteiger partial charge in [0.1, 0.15) is 5.82 Å². The van der Waals surface area contributed by atoms with Gasteiger partial charge < -0.3 is 4.90 Å². The average molecular weight is 407 g/mol. The van der Waals surface area contributed by atoms with Crippen LogP contribution in [0, 0.1) is 15.9 Å². The van der Waals surface area contributed by atoms with Crippen molar-refractivity contribution in [2.24, 2.45) is 0 Å². The van der Waals surface area contributed by atoms with Crippen LogP contribution >= 0.6 is 0 Å². The van der Waals surface area contributed by atoms with Crippen molar-refractivity contribution in [1.82, 2.24) is 4.31 Å². The van der Waals surface area contributed by atoms with Gasteiger partial charge in [0, 0.05) is 38.3 Å². The predicted octanol–water partition coefficient (Wildman–Crippen LogP) is 2.45. The summed E-state index contributed by atoms with van der Waals surface area (Å²) in [6.07, 6.45) is 0. The van der Waals surface area contributed by atoms with Crippen LogP contribution in [0.3, 0.4) is 0 Å². The number of hydrogen-bond donors (Lipinski definition) is 0. The van der Waals surface area contributed by atoms with Crippen molar-refractivity contribution in [3.8, 4) is 0 Å². The first-order valence-corrected chi connectivity index (χ1v) is 9.95. The van der Waals surface area contributed by atoms with Gasteiger partial charge in [-0.05, 0) is 25.1 Å². The molecule has 2 aromatic carbocycles. The third kappa shape index (κ3) is 3.73. The maximum Gasteiger partial charge on any atom is 0.270 e. The Morgan fingerprint density at radius 2 is 1.75 bits per heavy atom. The zero-order valence-electron chi connectivity index (χ0n) is 15.0. The normalized spacial score (nSPS) is 15.4. The molecule has 0 atom stereocenters. The molecule has 0 N–H and O–H groups in total. The van der Waals surface area contributed by atoms with E-state index < -0.39 is 26.5 Å². The van der Waals surface area contributed by atoms with E-state index in [1.165, 1.54) is 41.6 Å². The second-order valence-electron chi connectivity index (χ2n) is 6.34. The second-order valence-corrected chi connectivity index (χ2v) is 8.27. The molecule has 0 amide bonds. The molecule has 1 aliphatic heterocycles. The number of Topliss-reactive ketones (excluding diaryl/α,β-unsaturated/α-hetero) is 1. The highest BCUT2D eigenvalue weighted by Crippen LogP contribution is 2.27. The van der Waals surface area contributed by atoms with Crippen LogP contribution in [0.15, 0.2) is 47.4 Å². The van der Waals surface area contributed by atoms with Gasteiger partial charge in [-0.2, -0.15) is 4.31 Å². The van der Waals surface area contributed by atoms with Gasteiger partial charge in [-0.15, -0.1) is 0 Å². The summed E-state index contributed by atoms with van der Waals surface area (Å²) in [5.74, 6) is -1.02. The van der Waals surface area contributed by atoms with Gasteiger partial charge in [-0.3, -0.25) is 14.9 Å². The van der Waals surface area contributed by atoms with E-state index in [0.717, 1.165) is 6.07 Å². The summed E-state index contributed by atoms with van der Waals surface area (Å²) in [6, 6.07) is 9.24. The van der Waals surface area contributed by atoms with E-state index in [-0.39, 0.29) is 42.3 Å². The molecule has 1 fully saturated rings. The number of ketones is 1. The van der Waals surface area contributed by atoms with E-state index in [1.54, 1.807) is 11.0 Å². The summed E-state index contributed by atoms with van der Waals surface area (Å²) < 4.78 is 40.9. The van der Waals surface area contributed by atoms with Crippen molar-refractivity contribution in [3.05, 3.63) is 64.0 Å². The third-order valence-electron chi connectivity index (χ3n) is 4.59. The molecule has 0 saturated carbocycles.